The second kappa shape index (κ2) is 4.16. The minimum absolute atomic E-state index is 0.0836. The number of halogens is 1. The monoisotopic (exact) mass is 247 g/mol. The van der Waals surface area contributed by atoms with Crippen LogP contribution < -0.4 is 0 Å². The van der Waals surface area contributed by atoms with E-state index in [4.69, 9.17) is 0 Å². The summed E-state index contributed by atoms with van der Waals surface area (Å²) in [5, 5.41) is 0. The van der Waals surface area contributed by atoms with E-state index < -0.39 is 11.1 Å². The number of rotatable bonds is 2. The van der Waals surface area contributed by atoms with Crippen molar-refractivity contribution in [2.24, 2.45) is 0 Å². The Balaban J connectivity index is 2.93. The molecule has 0 N–H and O–H groups in total. The number of aryl methyl sites for hydroxylation is 1. The summed E-state index contributed by atoms with van der Waals surface area (Å²) in [6.45, 7) is 1.93. The van der Waals surface area contributed by atoms with Gasteiger partial charge in [-0.25, -0.2) is 0 Å². The van der Waals surface area contributed by atoms with Crippen molar-refractivity contribution >= 4 is 27.0 Å². The van der Waals surface area contributed by atoms with Crippen LogP contribution in [0.5, 0.6) is 0 Å². The second-order valence-electron chi connectivity index (χ2n) is 2.58. The SMILES string of the molecule is Cc1cc(Br)cc(CS(=O)[O-])c1. The van der Waals surface area contributed by atoms with Gasteiger partial charge in [-0.15, -0.1) is 0 Å². The van der Waals surface area contributed by atoms with Crippen molar-refractivity contribution in [2.75, 3.05) is 0 Å². The van der Waals surface area contributed by atoms with Crippen molar-refractivity contribution in [3.8, 4) is 0 Å². The third-order valence-corrected chi connectivity index (χ3v) is 2.41. The van der Waals surface area contributed by atoms with E-state index >= 15 is 0 Å². The van der Waals surface area contributed by atoms with Crippen molar-refractivity contribution in [3.63, 3.8) is 0 Å². The maximum absolute atomic E-state index is 10.4. The summed E-state index contributed by atoms with van der Waals surface area (Å²) >= 11 is 1.30. The van der Waals surface area contributed by atoms with Crippen LogP contribution in [0.4, 0.5) is 0 Å². The van der Waals surface area contributed by atoms with Gasteiger partial charge in [-0.05, 0) is 30.2 Å². The molecule has 1 atom stereocenters. The van der Waals surface area contributed by atoms with Crippen LogP contribution in [-0.4, -0.2) is 8.76 Å². The molecular weight excluding hydrogens is 240 g/mol. The van der Waals surface area contributed by atoms with E-state index in [1.165, 1.54) is 0 Å². The maximum Gasteiger partial charge on any atom is 0.0353 e. The fraction of sp³-hybridized carbons (Fsp3) is 0.250. The highest BCUT2D eigenvalue weighted by atomic mass is 79.9. The van der Waals surface area contributed by atoms with Gasteiger partial charge < -0.3 is 4.55 Å². The van der Waals surface area contributed by atoms with Gasteiger partial charge >= 0.3 is 0 Å². The highest BCUT2D eigenvalue weighted by Crippen LogP contribution is 2.15. The Labute approximate surface area is 82.4 Å². The lowest BCUT2D eigenvalue weighted by molar-refractivity contribution is 0.536. The first-order chi connectivity index (χ1) is 5.58. The molecule has 1 aromatic carbocycles. The summed E-state index contributed by atoms with van der Waals surface area (Å²) < 4.78 is 21.7. The van der Waals surface area contributed by atoms with Gasteiger partial charge in [-0.2, -0.15) is 0 Å². The highest BCUT2D eigenvalue weighted by Gasteiger charge is 1.96. The number of hydrogen-bond donors (Lipinski definition) is 0. The van der Waals surface area contributed by atoms with Crippen molar-refractivity contribution in [1.29, 1.82) is 0 Å². The standard InChI is InChI=1S/C8H9BrO2S/c1-6-2-7(5-12(10)11)4-8(9)3-6/h2-4H,5H2,1H3,(H,10,11)/p-1. The van der Waals surface area contributed by atoms with E-state index in [-0.39, 0.29) is 5.75 Å². The predicted molar refractivity (Wildman–Crippen MR) is 51.5 cm³/mol. The van der Waals surface area contributed by atoms with E-state index in [1.54, 1.807) is 0 Å². The first kappa shape index (κ1) is 9.89. The molecular formula is C8H8BrO2S-. The summed E-state index contributed by atoms with van der Waals surface area (Å²) in [4.78, 5) is 0. The summed E-state index contributed by atoms with van der Waals surface area (Å²) in [6.07, 6.45) is 0. The predicted octanol–water partition coefficient (Wildman–Crippen LogP) is 2.14. The molecule has 0 aromatic heterocycles. The van der Waals surface area contributed by atoms with Gasteiger partial charge in [0, 0.05) is 10.2 Å². The van der Waals surface area contributed by atoms with Crippen molar-refractivity contribution in [3.05, 3.63) is 33.8 Å². The van der Waals surface area contributed by atoms with E-state index in [0.717, 1.165) is 15.6 Å². The summed E-state index contributed by atoms with van der Waals surface area (Å²) in [7, 11) is 0. The van der Waals surface area contributed by atoms with Gasteiger partial charge in [0.2, 0.25) is 0 Å². The molecule has 0 aliphatic carbocycles. The smallest absolute Gasteiger partial charge is 0.0353 e. The Morgan fingerprint density at radius 3 is 2.67 bits per heavy atom. The topological polar surface area (TPSA) is 40.1 Å². The van der Waals surface area contributed by atoms with Crippen LogP contribution in [0.1, 0.15) is 11.1 Å². The molecule has 0 bridgehead atoms. The highest BCUT2D eigenvalue weighted by molar-refractivity contribution is 9.10. The van der Waals surface area contributed by atoms with Gasteiger partial charge in [-0.3, -0.25) is 4.21 Å². The van der Waals surface area contributed by atoms with E-state index in [9.17, 15) is 8.76 Å². The van der Waals surface area contributed by atoms with Gasteiger partial charge in [-0.1, -0.05) is 33.1 Å². The Hall–Kier alpha value is -0.190. The third-order valence-electron chi connectivity index (χ3n) is 1.39. The quantitative estimate of drug-likeness (QED) is 0.752. The van der Waals surface area contributed by atoms with Crippen LogP contribution in [0.2, 0.25) is 0 Å². The van der Waals surface area contributed by atoms with Gasteiger partial charge in [0.05, 0.1) is 0 Å². The summed E-state index contributed by atoms with van der Waals surface area (Å²) in [5.74, 6) is 0.0836. The molecule has 1 aromatic rings. The van der Waals surface area contributed by atoms with Crippen LogP contribution in [0.25, 0.3) is 0 Å². The van der Waals surface area contributed by atoms with Crippen molar-refractivity contribution in [1.82, 2.24) is 0 Å². The molecule has 0 amide bonds. The molecule has 0 saturated heterocycles. The minimum Gasteiger partial charge on any atom is -0.772 e. The van der Waals surface area contributed by atoms with E-state index in [2.05, 4.69) is 15.9 Å². The Morgan fingerprint density at radius 2 is 2.17 bits per heavy atom. The number of hydrogen-bond acceptors (Lipinski definition) is 2. The second-order valence-corrected chi connectivity index (χ2v) is 4.40. The van der Waals surface area contributed by atoms with Crippen LogP contribution in [0, 0.1) is 6.92 Å². The average molecular weight is 248 g/mol. The molecule has 0 aliphatic heterocycles. The zero-order valence-electron chi connectivity index (χ0n) is 6.54. The van der Waals surface area contributed by atoms with Crippen LogP contribution in [0.15, 0.2) is 22.7 Å². The van der Waals surface area contributed by atoms with Crippen LogP contribution in [-0.2, 0) is 16.8 Å². The Morgan fingerprint density at radius 1 is 1.50 bits per heavy atom. The molecule has 0 saturated carbocycles. The van der Waals surface area contributed by atoms with Gasteiger partial charge in [0.25, 0.3) is 0 Å². The molecule has 2 nitrogen and oxygen atoms in total. The lowest BCUT2D eigenvalue weighted by atomic mass is 10.2. The molecule has 1 rings (SSSR count). The molecule has 0 spiro atoms. The molecule has 1 unspecified atom stereocenters. The summed E-state index contributed by atoms with van der Waals surface area (Å²) in [6, 6.07) is 5.61. The summed E-state index contributed by atoms with van der Waals surface area (Å²) in [5.41, 5.74) is 1.88. The first-order valence-corrected chi connectivity index (χ1v) is 5.43. The molecule has 0 radical (unpaired) electrons. The lowest BCUT2D eigenvalue weighted by Gasteiger charge is -2.06. The van der Waals surface area contributed by atoms with Gasteiger partial charge in [0.1, 0.15) is 0 Å². The zero-order chi connectivity index (χ0) is 9.14. The number of benzene rings is 1. The van der Waals surface area contributed by atoms with Crippen molar-refractivity contribution < 1.29 is 8.76 Å². The molecule has 0 aliphatic rings. The first-order valence-electron chi connectivity index (χ1n) is 3.40. The molecule has 0 fully saturated rings. The zero-order valence-corrected chi connectivity index (χ0v) is 8.94. The Bertz CT molecular complexity index is 292. The molecule has 4 heteroatoms. The lowest BCUT2D eigenvalue weighted by Crippen LogP contribution is -1.93. The van der Waals surface area contributed by atoms with Crippen molar-refractivity contribution in [2.45, 2.75) is 12.7 Å². The average Bonchev–Trinajstić information content (AvgIpc) is 1.81. The van der Waals surface area contributed by atoms with E-state index in [1.807, 2.05) is 25.1 Å². The third kappa shape index (κ3) is 3.05. The van der Waals surface area contributed by atoms with E-state index in [0.29, 0.717) is 0 Å². The fourth-order valence-electron chi connectivity index (χ4n) is 1.03. The molecule has 0 heterocycles. The van der Waals surface area contributed by atoms with Crippen LogP contribution >= 0.6 is 15.9 Å². The maximum atomic E-state index is 10.4. The Kier molecular flexibility index (Phi) is 3.43. The molecule has 66 valence electrons. The van der Waals surface area contributed by atoms with Gasteiger partial charge in [0.15, 0.2) is 0 Å². The molecule has 12 heavy (non-hydrogen) atoms. The fourth-order valence-corrected chi connectivity index (χ4v) is 2.13. The van der Waals surface area contributed by atoms with Crippen LogP contribution in [0.3, 0.4) is 0 Å². The normalized spacial score (nSPS) is 12.9. The minimum atomic E-state index is -2.00. The largest absolute Gasteiger partial charge is 0.772 e.